The van der Waals surface area contributed by atoms with E-state index in [-0.39, 0.29) is 5.82 Å². The van der Waals surface area contributed by atoms with Crippen molar-refractivity contribution in [3.8, 4) is 0 Å². The van der Waals surface area contributed by atoms with Gasteiger partial charge in [0.2, 0.25) is 0 Å². The second-order valence-corrected chi connectivity index (χ2v) is 6.24. The van der Waals surface area contributed by atoms with E-state index in [1.807, 2.05) is 24.3 Å². The fourth-order valence-electron chi connectivity index (χ4n) is 2.00. The third kappa shape index (κ3) is 3.84. The summed E-state index contributed by atoms with van der Waals surface area (Å²) in [4.78, 5) is 1.71. The first-order chi connectivity index (χ1) is 9.60. The SMILES string of the molecule is CC(C)c1ccc(Sc2ccc(CCN)cc2F)cc1. The van der Waals surface area contributed by atoms with Crippen LogP contribution in [0.1, 0.15) is 30.9 Å². The van der Waals surface area contributed by atoms with Gasteiger partial charge >= 0.3 is 0 Å². The average molecular weight is 289 g/mol. The van der Waals surface area contributed by atoms with Gasteiger partial charge in [0.15, 0.2) is 0 Å². The van der Waals surface area contributed by atoms with Crippen molar-refractivity contribution in [2.75, 3.05) is 6.54 Å². The summed E-state index contributed by atoms with van der Waals surface area (Å²) >= 11 is 1.46. The molecule has 20 heavy (non-hydrogen) atoms. The van der Waals surface area contributed by atoms with Gasteiger partial charge in [0, 0.05) is 9.79 Å². The van der Waals surface area contributed by atoms with Crippen LogP contribution in [0.2, 0.25) is 0 Å². The molecule has 0 spiro atoms. The first kappa shape index (κ1) is 15.1. The molecule has 1 nitrogen and oxygen atoms in total. The number of hydrogen-bond donors (Lipinski definition) is 1. The molecular weight excluding hydrogens is 269 g/mol. The van der Waals surface area contributed by atoms with Crippen molar-refractivity contribution >= 4 is 11.8 Å². The second kappa shape index (κ2) is 6.91. The molecule has 3 heteroatoms. The molecule has 0 fully saturated rings. The molecule has 0 atom stereocenters. The molecule has 0 aliphatic carbocycles. The van der Waals surface area contributed by atoms with Crippen LogP contribution >= 0.6 is 11.8 Å². The number of rotatable bonds is 5. The lowest BCUT2D eigenvalue weighted by molar-refractivity contribution is 0.599. The molecule has 0 aromatic heterocycles. The Morgan fingerprint density at radius 2 is 1.80 bits per heavy atom. The lowest BCUT2D eigenvalue weighted by atomic mass is 10.0. The van der Waals surface area contributed by atoms with E-state index < -0.39 is 0 Å². The van der Waals surface area contributed by atoms with Crippen molar-refractivity contribution < 1.29 is 4.39 Å². The Kier molecular flexibility index (Phi) is 5.21. The largest absolute Gasteiger partial charge is 0.330 e. The Labute approximate surface area is 124 Å². The van der Waals surface area contributed by atoms with Gasteiger partial charge in [0.05, 0.1) is 0 Å². The zero-order valence-electron chi connectivity index (χ0n) is 11.9. The molecule has 0 aliphatic rings. The third-order valence-electron chi connectivity index (χ3n) is 3.20. The van der Waals surface area contributed by atoms with Crippen LogP contribution in [-0.2, 0) is 6.42 Å². The summed E-state index contributed by atoms with van der Waals surface area (Å²) < 4.78 is 14.0. The zero-order chi connectivity index (χ0) is 14.5. The van der Waals surface area contributed by atoms with Gasteiger partial charge in [0.1, 0.15) is 5.82 Å². The standard InChI is InChI=1S/C17H20FNS/c1-12(2)14-4-6-15(7-5-14)20-17-8-3-13(9-10-19)11-16(17)18/h3-8,11-12H,9-10,19H2,1-2H3. The highest BCUT2D eigenvalue weighted by Gasteiger charge is 2.06. The highest BCUT2D eigenvalue weighted by atomic mass is 32.2. The van der Waals surface area contributed by atoms with Crippen LogP contribution in [0, 0.1) is 5.82 Å². The molecule has 2 aromatic rings. The average Bonchev–Trinajstić information content (AvgIpc) is 2.43. The molecule has 0 aliphatic heterocycles. The van der Waals surface area contributed by atoms with Crippen LogP contribution in [0.3, 0.4) is 0 Å². The maximum Gasteiger partial charge on any atom is 0.137 e. The molecule has 106 valence electrons. The van der Waals surface area contributed by atoms with Gasteiger partial charge in [-0.3, -0.25) is 0 Å². The Hall–Kier alpha value is -1.32. The highest BCUT2D eigenvalue weighted by molar-refractivity contribution is 7.99. The topological polar surface area (TPSA) is 26.0 Å². The Morgan fingerprint density at radius 3 is 2.35 bits per heavy atom. The van der Waals surface area contributed by atoms with Crippen LogP contribution in [0.5, 0.6) is 0 Å². The molecular formula is C17H20FNS. The summed E-state index contributed by atoms with van der Waals surface area (Å²) in [5.74, 6) is 0.343. The summed E-state index contributed by atoms with van der Waals surface area (Å²) in [5, 5.41) is 0. The Morgan fingerprint density at radius 1 is 1.10 bits per heavy atom. The molecule has 0 unspecified atom stereocenters. The highest BCUT2D eigenvalue weighted by Crippen LogP contribution is 2.31. The maximum absolute atomic E-state index is 14.0. The van der Waals surface area contributed by atoms with Gasteiger partial charge in [-0.05, 0) is 54.3 Å². The second-order valence-electron chi connectivity index (χ2n) is 5.13. The van der Waals surface area contributed by atoms with Crippen LogP contribution in [0.4, 0.5) is 4.39 Å². The molecule has 2 rings (SSSR count). The third-order valence-corrected chi connectivity index (χ3v) is 4.26. The Balaban J connectivity index is 2.13. The fraction of sp³-hybridized carbons (Fsp3) is 0.294. The molecule has 2 N–H and O–H groups in total. The van der Waals surface area contributed by atoms with Crippen LogP contribution in [-0.4, -0.2) is 6.54 Å². The summed E-state index contributed by atoms with van der Waals surface area (Å²) in [5.41, 5.74) is 7.73. The normalized spacial score (nSPS) is 11.1. The predicted molar refractivity (Wildman–Crippen MR) is 83.8 cm³/mol. The van der Waals surface area contributed by atoms with E-state index in [1.165, 1.54) is 17.3 Å². The van der Waals surface area contributed by atoms with E-state index in [0.29, 0.717) is 23.8 Å². The van der Waals surface area contributed by atoms with Crippen molar-refractivity contribution in [1.29, 1.82) is 0 Å². The minimum atomic E-state index is -0.172. The monoisotopic (exact) mass is 289 g/mol. The van der Waals surface area contributed by atoms with Gasteiger partial charge in [-0.1, -0.05) is 43.8 Å². The minimum Gasteiger partial charge on any atom is -0.330 e. The molecule has 0 saturated carbocycles. The maximum atomic E-state index is 14.0. The smallest absolute Gasteiger partial charge is 0.137 e. The molecule has 0 saturated heterocycles. The van der Waals surface area contributed by atoms with E-state index >= 15 is 0 Å². The van der Waals surface area contributed by atoms with Gasteiger partial charge in [-0.2, -0.15) is 0 Å². The number of hydrogen-bond acceptors (Lipinski definition) is 2. The lowest BCUT2D eigenvalue weighted by Gasteiger charge is -2.08. The minimum absolute atomic E-state index is 0.172. The predicted octanol–water partition coefficient (Wildman–Crippen LogP) is 4.60. The molecule has 0 heterocycles. The first-order valence-electron chi connectivity index (χ1n) is 6.86. The number of benzene rings is 2. The number of halogens is 1. The van der Waals surface area contributed by atoms with Crippen molar-refractivity contribution in [3.63, 3.8) is 0 Å². The first-order valence-corrected chi connectivity index (χ1v) is 7.68. The molecule has 0 radical (unpaired) electrons. The van der Waals surface area contributed by atoms with Gasteiger partial charge < -0.3 is 5.73 Å². The van der Waals surface area contributed by atoms with Crippen molar-refractivity contribution in [1.82, 2.24) is 0 Å². The quantitative estimate of drug-likeness (QED) is 0.870. The summed E-state index contributed by atoms with van der Waals surface area (Å²) in [6.07, 6.45) is 0.713. The van der Waals surface area contributed by atoms with Crippen LogP contribution < -0.4 is 5.73 Å². The summed E-state index contributed by atoms with van der Waals surface area (Å²) in [6.45, 7) is 4.87. The van der Waals surface area contributed by atoms with Gasteiger partial charge in [-0.25, -0.2) is 4.39 Å². The van der Waals surface area contributed by atoms with Crippen molar-refractivity contribution in [2.45, 2.75) is 36.0 Å². The summed E-state index contributed by atoms with van der Waals surface area (Å²) in [7, 11) is 0. The van der Waals surface area contributed by atoms with Crippen molar-refractivity contribution in [2.24, 2.45) is 5.73 Å². The fourth-order valence-corrected chi connectivity index (χ4v) is 2.82. The molecule has 0 amide bonds. The molecule has 2 aromatic carbocycles. The van der Waals surface area contributed by atoms with E-state index in [9.17, 15) is 4.39 Å². The molecule has 0 bridgehead atoms. The summed E-state index contributed by atoms with van der Waals surface area (Å²) in [6, 6.07) is 13.7. The van der Waals surface area contributed by atoms with Crippen molar-refractivity contribution in [3.05, 3.63) is 59.4 Å². The van der Waals surface area contributed by atoms with E-state index in [1.54, 1.807) is 6.07 Å². The van der Waals surface area contributed by atoms with Gasteiger partial charge in [0.25, 0.3) is 0 Å². The Bertz CT molecular complexity index is 564. The zero-order valence-corrected chi connectivity index (χ0v) is 12.7. The number of nitrogens with two attached hydrogens (primary N) is 1. The van der Waals surface area contributed by atoms with Gasteiger partial charge in [-0.15, -0.1) is 0 Å². The van der Waals surface area contributed by atoms with Crippen LogP contribution in [0.25, 0.3) is 0 Å². The van der Waals surface area contributed by atoms with E-state index in [4.69, 9.17) is 5.73 Å². The lowest BCUT2D eigenvalue weighted by Crippen LogP contribution is -2.02. The van der Waals surface area contributed by atoms with E-state index in [0.717, 1.165) is 10.5 Å². The van der Waals surface area contributed by atoms with E-state index in [2.05, 4.69) is 26.0 Å². The van der Waals surface area contributed by atoms with Crippen LogP contribution in [0.15, 0.2) is 52.3 Å².